The van der Waals surface area contributed by atoms with Gasteiger partial charge in [0.2, 0.25) is 0 Å². The van der Waals surface area contributed by atoms with Gasteiger partial charge < -0.3 is 9.47 Å². The Hall–Kier alpha value is -2.76. The van der Waals surface area contributed by atoms with Crippen LogP contribution in [-0.2, 0) is 9.47 Å². The normalized spacial score (nSPS) is 10.2. The first-order valence-corrected chi connectivity index (χ1v) is 7.34. The van der Waals surface area contributed by atoms with Crippen LogP contribution in [0.4, 0.5) is 0 Å². The molecule has 2 heterocycles. The molecule has 2 rings (SSSR count). The molecule has 0 aliphatic carbocycles. The van der Waals surface area contributed by atoms with Gasteiger partial charge >= 0.3 is 11.9 Å². The fourth-order valence-corrected chi connectivity index (χ4v) is 2.01. The van der Waals surface area contributed by atoms with Crippen LogP contribution < -0.4 is 0 Å². The summed E-state index contributed by atoms with van der Waals surface area (Å²) in [7, 11) is 1.29. The Morgan fingerprint density at radius 1 is 1.00 bits per heavy atom. The number of aromatic nitrogens is 2. The van der Waals surface area contributed by atoms with Crippen molar-refractivity contribution in [2.45, 2.75) is 19.8 Å². The lowest BCUT2D eigenvalue weighted by atomic mass is 10.1. The zero-order chi connectivity index (χ0) is 16.7. The van der Waals surface area contributed by atoms with Gasteiger partial charge in [-0.3, -0.25) is 9.97 Å². The van der Waals surface area contributed by atoms with Gasteiger partial charge in [-0.2, -0.15) is 0 Å². The number of rotatable bonds is 6. The smallest absolute Gasteiger partial charge is 0.340 e. The molecule has 2 aromatic rings. The van der Waals surface area contributed by atoms with E-state index in [2.05, 4.69) is 9.97 Å². The van der Waals surface area contributed by atoms with E-state index in [-0.39, 0.29) is 11.1 Å². The fourth-order valence-electron chi connectivity index (χ4n) is 2.01. The highest BCUT2D eigenvalue weighted by Gasteiger charge is 2.21. The van der Waals surface area contributed by atoms with Crippen molar-refractivity contribution in [3.63, 3.8) is 0 Å². The van der Waals surface area contributed by atoms with Crippen LogP contribution in [0.1, 0.15) is 40.5 Å². The van der Waals surface area contributed by atoms with Gasteiger partial charge in [0.05, 0.1) is 24.8 Å². The molecule has 0 unspecified atom stereocenters. The second kappa shape index (κ2) is 8.03. The molecule has 0 atom stereocenters. The van der Waals surface area contributed by atoms with Crippen LogP contribution in [0, 0.1) is 0 Å². The maximum atomic E-state index is 12.3. The SMILES string of the molecule is CCCCOC(=O)c1cccnc1-c1ncccc1C(=O)OC. The van der Waals surface area contributed by atoms with Crippen molar-refractivity contribution in [1.29, 1.82) is 0 Å². The highest BCUT2D eigenvalue weighted by Crippen LogP contribution is 2.24. The standard InChI is InChI=1S/C17H18N2O4/c1-3-4-11-23-17(21)13-8-6-10-19-15(13)14-12(16(20)22-2)7-5-9-18-14/h5-10H,3-4,11H2,1-2H3. The van der Waals surface area contributed by atoms with Crippen LogP contribution in [0.5, 0.6) is 0 Å². The van der Waals surface area contributed by atoms with Gasteiger partial charge in [0.1, 0.15) is 11.4 Å². The van der Waals surface area contributed by atoms with E-state index in [4.69, 9.17) is 9.47 Å². The topological polar surface area (TPSA) is 78.4 Å². The van der Waals surface area contributed by atoms with Gasteiger partial charge in [0.25, 0.3) is 0 Å². The van der Waals surface area contributed by atoms with E-state index in [0.717, 1.165) is 12.8 Å². The molecular formula is C17H18N2O4. The number of esters is 2. The molecule has 0 bridgehead atoms. The van der Waals surface area contributed by atoms with Crippen molar-refractivity contribution in [2.75, 3.05) is 13.7 Å². The minimum atomic E-state index is -0.538. The Kier molecular flexibility index (Phi) is 5.80. The first-order chi connectivity index (χ1) is 11.2. The van der Waals surface area contributed by atoms with Crippen LogP contribution in [0.2, 0.25) is 0 Å². The maximum Gasteiger partial charge on any atom is 0.340 e. The zero-order valence-corrected chi connectivity index (χ0v) is 13.1. The molecule has 6 heteroatoms. The summed E-state index contributed by atoms with van der Waals surface area (Å²) in [5, 5.41) is 0. The number of carbonyl (C=O) groups excluding carboxylic acids is 2. The van der Waals surface area contributed by atoms with Gasteiger partial charge in [-0.05, 0) is 30.7 Å². The average molecular weight is 314 g/mol. The molecule has 6 nitrogen and oxygen atoms in total. The van der Waals surface area contributed by atoms with Gasteiger partial charge in [0, 0.05) is 12.4 Å². The van der Waals surface area contributed by atoms with Crippen LogP contribution >= 0.6 is 0 Å². The highest BCUT2D eigenvalue weighted by atomic mass is 16.5. The van der Waals surface area contributed by atoms with Crippen LogP contribution in [0.15, 0.2) is 36.7 Å². The third-order valence-electron chi connectivity index (χ3n) is 3.20. The summed E-state index contributed by atoms with van der Waals surface area (Å²) >= 11 is 0. The summed E-state index contributed by atoms with van der Waals surface area (Å²) in [6.07, 6.45) is 4.79. The predicted octanol–water partition coefficient (Wildman–Crippen LogP) is 2.89. The minimum absolute atomic E-state index is 0.247. The third-order valence-corrected chi connectivity index (χ3v) is 3.20. The molecule has 0 spiro atoms. The van der Waals surface area contributed by atoms with Crippen LogP contribution in [0.25, 0.3) is 11.4 Å². The second-order valence-corrected chi connectivity index (χ2v) is 4.78. The molecule has 0 amide bonds. The lowest BCUT2D eigenvalue weighted by Crippen LogP contribution is -2.11. The van der Waals surface area contributed by atoms with Crippen molar-refractivity contribution in [3.8, 4) is 11.4 Å². The van der Waals surface area contributed by atoms with E-state index >= 15 is 0 Å². The molecule has 0 aromatic carbocycles. The molecule has 0 aliphatic heterocycles. The predicted molar refractivity (Wildman–Crippen MR) is 84.0 cm³/mol. The van der Waals surface area contributed by atoms with Crippen molar-refractivity contribution in [2.24, 2.45) is 0 Å². The van der Waals surface area contributed by atoms with Crippen molar-refractivity contribution in [3.05, 3.63) is 47.8 Å². The highest BCUT2D eigenvalue weighted by molar-refractivity contribution is 6.01. The first-order valence-electron chi connectivity index (χ1n) is 7.34. The number of hydrogen-bond acceptors (Lipinski definition) is 6. The molecular weight excluding hydrogens is 296 g/mol. The lowest BCUT2D eigenvalue weighted by Gasteiger charge is -2.10. The number of carbonyl (C=O) groups is 2. The summed E-state index contributed by atoms with van der Waals surface area (Å²) in [5.74, 6) is -1.02. The van der Waals surface area contributed by atoms with E-state index in [1.807, 2.05) is 6.92 Å². The quantitative estimate of drug-likeness (QED) is 0.602. The van der Waals surface area contributed by atoms with Crippen molar-refractivity contribution in [1.82, 2.24) is 9.97 Å². The first kappa shape index (κ1) is 16.6. The number of nitrogens with zero attached hydrogens (tertiary/aromatic N) is 2. The van der Waals surface area contributed by atoms with Crippen molar-refractivity contribution < 1.29 is 19.1 Å². The second-order valence-electron chi connectivity index (χ2n) is 4.78. The Balaban J connectivity index is 2.42. The van der Waals surface area contributed by atoms with E-state index < -0.39 is 11.9 Å². The number of pyridine rings is 2. The summed E-state index contributed by atoms with van der Waals surface area (Å²) in [4.78, 5) is 32.5. The van der Waals surface area contributed by atoms with E-state index in [1.165, 1.54) is 19.5 Å². The fraction of sp³-hybridized carbons (Fsp3) is 0.294. The van der Waals surface area contributed by atoms with Gasteiger partial charge in [-0.25, -0.2) is 9.59 Å². The van der Waals surface area contributed by atoms with E-state index in [1.54, 1.807) is 24.3 Å². The Morgan fingerprint density at radius 3 is 2.09 bits per heavy atom. The van der Waals surface area contributed by atoms with Gasteiger partial charge in [0.15, 0.2) is 0 Å². The Labute approximate surface area is 134 Å². The monoisotopic (exact) mass is 314 g/mol. The molecule has 0 N–H and O–H groups in total. The average Bonchev–Trinajstić information content (AvgIpc) is 2.61. The van der Waals surface area contributed by atoms with E-state index in [9.17, 15) is 9.59 Å². The summed E-state index contributed by atoms with van der Waals surface area (Å²) in [6, 6.07) is 6.44. The summed E-state index contributed by atoms with van der Waals surface area (Å²) < 4.78 is 9.99. The van der Waals surface area contributed by atoms with E-state index in [0.29, 0.717) is 18.0 Å². The zero-order valence-electron chi connectivity index (χ0n) is 13.1. The molecule has 0 saturated heterocycles. The largest absolute Gasteiger partial charge is 0.465 e. The summed E-state index contributed by atoms with van der Waals surface area (Å²) in [5.41, 5.74) is 1.11. The van der Waals surface area contributed by atoms with Crippen LogP contribution in [-0.4, -0.2) is 35.6 Å². The lowest BCUT2D eigenvalue weighted by molar-refractivity contribution is 0.0499. The Bertz CT molecular complexity index is 700. The summed E-state index contributed by atoms with van der Waals surface area (Å²) in [6.45, 7) is 2.36. The van der Waals surface area contributed by atoms with Gasteiger partial charge in [-0.1, -0.05) is 13.3 Å². The Morgan fingerprint density at radius 2 is 1.57 bits per heavy atom. The minimum Gasteiger partial charge on any atom is -0.465 e. The molecule has 120 valence electrons. The molecule has 0 saturated carbocycles. The molecule has 0 fully saturated rings. The van der Waals surface area contributed by atoms with Gasteiger partial charge in [-0.15, -0.1) is 0 Å². The van der Waals surface area contributed by atoms with Crippen LogP contribution in [0.3, 0.4) is 0 Å². The van der Waals surface area contributed by atoms with Crippen molar-refractivity contribution >= 4 is 11.9 Å². The maximum absolute atomic E-state index is 12.3. The number of hydrogen-bond donors (Lipinski definition) is 0. The third kappa shape index (κ3) is 3.91. The molecule has 0 radical (unpaired) electrons. The number of methoxy groups -OCH3 is 1. The number of ether oxygens (including phenoxy) is 2. The number of unbranched alkanes of at least 4 members (excludes halogenated alkanes) is 1. The molecule has 2 aromatic heterocycles. The molecule has 0 aliphatic rings. The molecule has 23 heavy (non-hydrogen) atoms.